The Balaban J connectivity index is 1.79. The average molecular weight is 512 g/mol. The fourth-order valence-electron chi connectivity index (χ4n) is 3.95. The highest BCUT2D eigenvalue weighted by atomic mass is 32.2. The molecule has 0 fully saturated rings. The quantitative estimate of drug-likeness (QED) is 0.430. The van der Waals surface area contributed by atoms with Crippen LogP contribution in [0.3, 0.4) is 0 Å². The van der Waals surface area contributed by atoms with Gasteiger partial charge in [0, 0.05) is 30.3 Å². The van der Waals surface area contributed by atoms with Crippen LogP contribution in [0.4, 0.5) is 8.78 Å². The van der Waals surface area contributed by atoms with E-state index in [1.807, 2.05) is 19.1 Å². The molecule has 6 nitrogen and oxygen atoms in total. The molecule has 0 amide bonds. The van der Waals surface area contributed by atoms with E-state index >= 15 is 0 Å². The van der Waals surface area contributed by atoms with Crippen molar-refractivity contribution in [2.75, 3.05) is 12.8 Å². The molecule has 186 valence electrons. The summed E-state index contributed by atoms with van der Waals surface area (Å²) in [4.78, 5) is 2.57. The molecule has 0 aromatic heterocycles. The standard InChI is InChI=1S/C24H31F2N3O3S2/c1-4-17-6-5-7-18(8-17)13-27-14-23(30)22(11-19-9-20(25)12-21(26)10-19)29-15-16(2)33-24(29)28-34(3,31)32/h5-10,12,15,22-24,27-28,30H,4,11,13-14H2,1-3H3/t22-,23+,24?/m0/s1. The molecule has 3 atom stereocenters. The number of halogens is 2. The lowest BCUT2D eigenvalue weighted by Crippen LogP contribution is -2.53. The molecule has 1 aliphatic heterocycles. The van der Waals surface area contributed by atoms with Gasteiger partial charge in [0.25, 0.3) is 0 Å². The molecule has 1 aliphatic rings. The number of aryl methyl sites for hydroxylation is 1. The van der Waals surface area contributed by atoms with Crippen LogP contribution in [-0.2, 0) is 29.4 Å². The molecule has 0 aliphatic carbocycles. The second-order valence-corrected chi connectivity index (χ2v) is 11.6. The number of hydrogen-bond donors (Lipinski definition) is 3. The second kappa shape index (κ2) is 11.6. The van der Waals surface area contributed by atoms with E-state index in [2.05, 4.69) is 29.1 Å². The summed E-state index contributed by atoms with van der Waals surface area (Å²) < 4.78 is 54.1. The normalized spacial score (nSPS) is 18.1. The van der Waals surface area contributed by atoms with Crippen LogP contribution in [0, 0.1) is 11.6 Å². The monoisotopic (exact) mass is 511 g/mol. The Morgan fingerprint density at radius 3 is 2.44 bits per heavy atom. The number of aliphatic hydroxyl groups excluding tert-OH is 1. The van der Waals surface area contributed by atoms with Crippen molar-refractivity contribution >= 4 is 21.8 Å². The van der Waals surface area contributed by atoms with Crippen molar-refractivity contribution in [3.63, 3.8) is 0 Å². The van der Waals surface area contributed by atoms with E-state index in [4.69, 9.17) is 0 Å². The van der Waals surface area contributed by atoms with Crippen molar-refractivity contribution in [1.29, 1.82) is 0 Å². The zero-order chi connectivity index (χ0) is 24.9. The summed E-state index contributed by atoms with van der Waals surface area (Å²) in [6, 6.07) is 10.8. The predicted octanol–water partition coefficient (Wildman–Crippen LogP) is 3.33. The van der Waals surface area contributed by atoms with Crippen molar-refractivity contribution in [2.45, 2.75) is 50.9 Å². The highest BCUT2D eigenvalue weighted by Gasteiger charge is 2.35. The van der Waals surface area contributed by atoms with Crippen LogP contribution < -0.4 is 10.0 Å². The molecule has 34 heavy (non-hydrogen) atoms. The zero-order valence-electron chi connectivity index (χ0n) is 19.5. The van der Waals surface area contributed by atoms with E-state index in [1.54, 1.807) is 11.1 Å². The molecule has 0 radical (unpaired) electrons. The smallest absolute Gasteiger partial charge is 0.211 e. The molecule has 3 rings (SSSR count). The van der Waals surface area contributed by atoms with Crippen molar-refractivity contribution in [1.82, 2.24) is 14.9 Å². The summed E-state index contributed by atoms with van der Waals surface area (Å²) >= 11 is 1.30. The Morgan fingerprint density at radius 2 is 1.79 bits per heavy atom. The Kier molecular flexibility index (Phi) is 9.11. The maximum Gasteiger partial charge on any atom is 0.211 e. The largest absolute Gasteiger partial charge is 0.390 e. The summed E-state index contributed by atoms with van der Waals surface area (Å²) in [6.07, 6.45) is 2.93. The molecule has 0 saturated carbocycles. The first-order chi connectivity index (χ1) is 16.0. The van der Waals surface area contributed by atoms with Crippen LogP contribution in [0.5, 0.6) is 0 Å². The maximum atomic E-state index is 13.8. The SMILES string of the molecule is CCc1cccc(CNC[C@@H](O)[C@H](Cc2cc(F)cc(F)c2)N2C=C(C)SC2NS(C)(=O)=O)c1. The predicted molar refractivity (Wildman–Crippen MR) is 132 cm³/mol. The van der Waals surface area contributed by atoms with Gasteiger partial charge in [-0.15, -0.1) is 0 Å². The van der Waals surface area contributed by atoms with E-state index in [1.165, 1.54) is 29.5 Å². The molecule has 10 heteroatoms. The third-order valence-corrected chi connectivity index (χ3v) is 7.35. The van der Waals surface area contributed by atoms with Crippen molar-refractivity contribution in [3.05, 3.63) is 81.9 Å². The van der Waals surface area contributed by atoms with Gasteiger partial charge in [-0.2, -0.15) is 4.72 Å². The molecular weight excluding hydrogens is 480 g/mol. The van der Waals surface area contributed by atoms with Crippen LogP contribution in [0.15, 0.2) is 53.6 Å². The highest BCUT2D eigenvalue weighted by molar-refractivity contribution is 8.04. The Labute approximate surface area is 204 Å². The number of nitrogens with one attached hydrogen (secondary N) is 2. The van der Waals surface area contributed by atoms with Crippen molar-refractivity contribution in [2.24, 2.45) is 0 Å². The number of hydrogen-bond acceptors (Lipinski definition) is 6. The molecule has 1 heterocycles. The fourth-order valence-corrected chi connectivity index (χ4v) is 6.03. The number of allylic oxidation sites excluding steroid dienone is 1. The number of benzene rings is 2. The highest BCUT2D eigenvalue weighted by Crippen LogP contribution is 2.34. The maximum absolute atomic E-state index is 13.8. The first kappa shape index (κ1) is 26.6. The van der Waals surface area contributed by atoms with Gasteiger partial charge in [-0.25, -0.2) is 17.2 Å². The van der Waals surface area contributed by atoms with Gasteiger partial charge in [-0.05, 0) is 48.6 Å². The molecule has 2 aromatic rings. The lowest BCUT2D eigenvalue weighted by molar-refractivity contribution is 0.0678. The van der Waals surface area contributed by atoms with Gasteiger partial charge in [0.15, 0.2) is 0 Å². The number of thioether (sulfide) groups is 1. The van der Waals surface area contributed by atoms with Gasteiger partial charge in [-0.1, -0.05) is 43.0 Å². The van der Waals surface area contributed by atoms with Gasteiger partial charge in [0.2, 0.25) is 10.0 Å². The molecule has 3 N–H and O–H groups in total. The van der Waals surface area contributed by atoms with Crippen LogP contribution in [0.25, 0.3) is 0 Å². The number of sulfonamides is 1. The van der Waals surface area contributed by atoms with E-state index in [0.29, 0.717) is 12.1 Å². The van der Waals surface area contributed by atoms with Gasteiger partial charge < -0.3 is 15.3 Å². The van der Waals surface area contributed by atoms with Crippen molar-refractivity contribution in [3.8, 4) is 0 Å². The summed E-state index contributed by atoms with van der Waals surface area (Å²) in [5.74, 6) is -1.41. The minimum atomic E-state index is -3.53. The van der Waals surface area contributed by atoms with Gasteiger partial charge in [0.05, 0.1) is 18.4 Å². The van der Waals surface area contributed by atoms with E-state index in [9.17, 15) is 22.3 Å². The van der Waals surface area contributed by atoms with Crippen LogP contribution in [0.1, 0.15) is 30.5 Å². The lowest BCUT2D eigenvalue weighted by atomic mass is 9.99. The summed E-state index contributed by atoms with van der Waals surface area (Å²) in [5.41, 5.74) is 2.00. The van der Waals surface area contributed by atoms with E-state index in [0.717, 1.165) is 29.2 Å². The van der Waals surface area contributed by atoms with Gasteiger partial charge in [-0.3, -0.25) is 0 Å². The molecular formula is C24H31F2N3O3S2. The minimum Gasteiger partial charge on any atom is -0.390 e. The lowest BCUT2D eigenvalue weighted by Gasteiger charge is -2.36. The zero-order valence-corrected chi connectivity index (χ0v) is 21.1. The Morgan fingerprint density at radius 1 is 1.12 bits per heavy atom. The Bertz CT molecular complexity index is 1110. The average Bonchev–Trinajstić information content (AvgIpc) is 3.09. The number of aliphatic hydroxyl groups is 1. The number of rotatable bonds is 11. The fraction of sp³-hybridized carbons (Fsp3) is 0.417. The van der Waals surface area contributed by atoms with E-state index < -0.39 is 39.3 Å². The van der Waals surface area contributed by atoms with Gasteiger partial charge >= 0.3 is 0 Å². The molecule has 0 spiro atoms. The van der Waals surface area contributed by atoms with Crippen LogP contribution in [-0.4, -0.2) is 48.9 Å². The number of nitrogens with zero attached hydrogens (tertiary/aromatic N) is 1. The molecule has 0 saturated heterocycles. The van der Waals surface area contributed by atoms with Crippen LogP contribution in [0.2, 0.25) is 0 Å². The van der Waals surface area contributed by atoms with Gasteiger partial charge in [0.1, 0.15) is 17.1 Å². The first-order valence-electron chi connectivity index (χ1n) is 11.1. The topological polar surface area (TPSA) is 81.7 Å². The molecule has 2 aromatic carbocycles. The third-order valence-electron chi connectivity index (χ3n) is 5.49. The minimum absolute atomic E-state index is 0.120. The third kappa shape index (κ3) is 7.78. The second-order valence-electron chi connectivity index (χ2n) is 8.47. The molecule has 0 bridgehead atoms. The van der Waals surface area contributed by atoms with Crippen molar-refractivity contribution < 1.29 is 22.3 Å². The molecule has 1 unspecified atom stereocenters. The van der Waals surface area contributed by atoms with E-state index in [-0.39, 0.29) is 13.0 Å². The summed E-state index contributed by atoms with van der Waals surface area (Å²) in [5, 5.41) is 14.4. The van der Waals surface area contributed by atoms with Crippen LogP contribution >= 0.6 is 11.8 Å². The summed E-state index contributed by atoms with van der Waals surface area (Å²) in [6.45, 7) is 4.67. The first-order valence-corrected chi connectivity index (χ1v) is 13.8. The summed E-state index contributed by atoms with van der Waals surface area (Å²) in [7, 11) is -3.53. The Hall–Kier alpha value is -1.98.